The molecule has 0 radical (unpaired) electrons. The summed E-state index contributed by atoms with van der Waals surface area (Å²) in [6, 6.07) is 7.94. The molecule has 4 nitrogen and oxygen atoms in total. The van der Waals surface area contributed by atoms with E-state index in [4.69, 9.17) is 4.74 Å². The number of hydrogen-bond donors (Lipinski definition) is 1. The first kappa shape index (κ1) is 15.0. The van der Waals surface area contributed by atoms with Gasteiger partial charge in [0.2, 0.25) is 5.13 Å². The van der Waals surface area contributed by atoms with Crippen molar-refractivity contribution in [3.63, 3.8) is 0 Å². The van der Waals surface area contributed by atoms with Crippen LogP contribution in [-0.4, -0.2) is 17.8 Å². The highest BCUT2D eigenvalue weighted by Crippen LogP contribution is 2.27. The average molecular weight is 315 g/mol. The van der Waals surface area contributed by atoms with Gasteiger partial charge >= 0.3 is 0 Å². The van der Waals surface area contributed by atoms with Gasteiger partial charge in [0.1, 0.15) is 5.75 Å². The van der Waals surface area contributed by atoms with Gasteiger partial charge < -0.3 is 4.74 Å². The number of methoxy groups -OCH3 is 1. The molecule has 0 aliphatic heterocycles. The first-order chi connectivity index (χ1) is 10.8. The van der Waals surface area contributed by atoms with Crippen LogP contribution in [0, 0.1) is 5.92 Å². The van der Waals surface area contributed by atoms with Crippen molar-refractivity contribution in [3.8, 4) is 17.0 Å². The van der Waals surface area contributed by atoms with Crippen LogP contribution in [-0.2, 0) is 0 Å². The van der Waals surface area contributed by atoms with E-state index in [2.05, 4.69) is 27.8 Å². The molecule has 2 aromatic rings. The van der Waals surface area contributed by atoms with Gasteiger partial charge in [-0.2, -0.15) is 5.10 Å². The number of thiazole rings is 1. The highest BCUT2D eigenvalue weighted by Gasteiger charge is 2.15. The molecule has 1 N–H and O–H groups in total. The van der Waals surface area contributed by atoms with Crippen molar-refractivity contribution in [2.75, 3.05) is 12.5 Å². The topological polar surface area (TPSA) is 46.5 Å². The molecule has 1 unspecified atom stereocenters. The molecule has 0 saturated heterocycles. The SMILES string of the molecule is COc1ccc(-c2csc(N/N=C3/CCCCC3C)n2)cc1. The molecule has 5 heteroatoms. The number of rotatable bonds is 4. The molecular weight excluding hydrogens is 294 g/mol. The first-order valence-corrected chi connectivity index (χ1v) is 8.56. The van der Waals surface area contributed by atoms with Crippen LogP contribution in [0.25, 0.3) is 11.3 Å². The second-order valence-electron chi connectivity index (χ2n) is 5.63. The fourth-order valence-corrected chi connectivity index (χ4v) is 3.34. The van der Waals surface area contributed by atoms with Crippen LogP contribution in [0.4, 0.5) is 5.13 Å². The van der Waals surface area contributed by atoms with Crippen LogP contribution in [0.5, 0.6) is 5.75 Å². The summed E-state index contributed by atoms with van der Waals surface area (Å²) in [5.41, 5.74) is 6.45. The van der Waals surface area contributed by atoms with Crippen molar-refractivity contribution in [1.29, 1.82) is 0 Å². The maximum Gasteiger partial charge on any atom is 0.203 e. The van der Waals surface area contributed by atoms with E-state index in [9.17, 15) is 0 Å². The third-order valence-electron chi connectivity index (χ3n) is 4.07. The van der Waals surface area contributed by atoms with Crippen LogP contribution in [0.2, 0.25) is 0 Å². The monoisotopic (exact) mass is 315 g/mol. The molecule has 1 aliphatic carbocycles. The fourth-order valence-electron chi connectivity index (χ4n) is 2.67. The lowest BCUT2D eigenvalue weighted by atomic mass is 9.89. The Bertz CT molecular complexity index is 648. The minimum absolute atomic E-state index is 0.585. The van der Waals surface area contributed by atoms with Crippen molar-refractivity contribution >= 4 is 22.2 Å². The molecule has 1 aromatic carbocycles. The van der Waals surface area contributed by atoms with E-state index in [0.29, 0.717) is 5.92 Å². The molecule has 1 aliphatic rings. The third-order valence-corrected chi connectivity index (χ3v) is 4.82. The summed E-state index contributed by atoms with van der Waals surface area (Å²) in [6.07, 6.45) is 4.92. The molecule has 1 atom stereocenters. The van der Waals surface area contributed by atoms with E-state index in [1.807, 2.05) is 24.3 Å². The van der Waals surface area contributed by atoms with Gasteiger partial charge in [0.05, 0.1) is 12.8 Å². The van der Waals surface area contributed by atoms with Gasteiger partial charge in [-0.25, -0.2) is 4.98 Å². The first-order valence-electron chi connectivity index (χ1n) is 7.68. The quantitative estimate of drug-likeness (QED) is 0.825. The number of anilines is 1. The van der Waals surface area contributed by atoms with Gasteiger partial charge in [-0.3, -0.25) is 5.43 Å². The molecule has 22 heavy (non-hydrogen) atoms. The maximum absolute atomic E-state index is 5.18. The minimum atomic E-state index is 0.585. The Morgan fingerprint density at radius 1 is 1.27 bits per heavy atom. The zero-order chi connectivity index (χ0) is 15.4. The van der Waals surface area contributed by atoms with Crippen LogP contribution < -0.4 is 10.2 Å². The summed E-state index contributed by atoms with van der Waals surface area (Å²) >= 11 is 1.58. The smallest absolute Gasteiger partial charge is 0.203 e. The molecule has 1 aromatic heterocycles. The normalized spacial score (nSPS) is 20.1. The molecular formula is C17H21N3OS. The predicted molar refractivity (Wildman–Crippen MR) is 92.8 cm³/mol. The summed E-state index contributed by atoms with van der Waals surface area (Å²) in [5.74, 6) is 1.44. The fraction of sp³-hybridized carbons (Fsp3) is 0.412. The van der Waals surface area contributed by atoms with Crippen molar-refractivity contribution in [2.24, 2.45) is 11.0 Å². The van der Waals surface area contributed by atoms with Crippen molar-refractivity contribution < 1.29 is 4.74 Å². The summed E-state index contributed by atoms with van der Waals surface area (Å²) in [7, 11) is 1.67. The van der Waals surface area contributed by atoms with Gasteiger partial charge in [0.15, 0.2) is 0 Å². The van der Waals surface area contributed by atoms with Crippen LogP contribution >= 0.6 is 11.3 Å². The second-order valence-corrected chi connectivity index (χ2v) is 6.49. The van der Waals surface area contributed by atoms with E-state index in [1.165, 1.54) is 25.0 Å². The van der Waals surface area contributed by atoms with Crippen molar-refractivity contribution in [3.05, 3.63) is 29.6 Å². The molecule has 0 spiro atoms. The van der Waals surface area contributed by atoms with Crippen molar-refractivity contribution in [1.82, 2.24) is 4.98 Å². The van der Waals surface area contributed by atoms with Crippen LogP contribution in [0.15, 0.2) is 34.7 Å². The number of nitrogens with one attached hydrogen (secondary N) is 1. The van der Waals surface area contributed by atoms with Crippen LogP contribution in [0.3, 0.4) is 0 Å². The number of aromatic nitrogens is 1. The predicted octanol–water partition coefficient (Wildman–Crippen LogP) is 4.80. The van der Waals surface area contributed by atoms with Crippen molar-refractivity contribution in [2.45, 2.75) is 32.6 Å². The number of hydrogen-bond acceptors (Lipinski definition) is 5. The molecule has 0 bridgehead atoms. The molecule has 0 amide bonds. The summed E-state index contributed by atoms with van der Waals surface area (Å²) < 4.78 is 5.18. The Labute approximate surface area is 135 Å². The van der Waals surface area contributed by atoms with Gasteiger partial charge in [-0.15, -0.1) is 11.3 Å². The Kier molecular flexibility index (Phi) is 4.73. The van der Waals surface area contributed by atoms with Gasteiger partial charge in [-0.05, 0) is 49.4 Å². The lowest BCUT2D eigenvalue weighted by Crippen LogP contribution is -2.17. The number of benzene rings is 1. The standard InChI is InChI=1S/C17H21N3OS/c1-12-5-3-4-6-15(12)19-20-17-18-16(11-22-17)13-7-9-14(21-2)10-8-13/h7-12H,3-6H2,1-2H3,(H,18,20)/b19-15-. The van der Waals surface area contributed by atoms with E-state index in [-0.39, 0.29) is 0 Å². The molecule has 116 valence electrons. The highest BCUT2D eigenvalue weighted by molar-refractivity contribution is 7.14. The Morgan fingerprint density at radius 3 is 2.82 bits per heavy atom. The highest BCUT2D eigenvalue weighted by atomic mass is 32.1. The number of ether oxygens (including phenoxy) is 1. The lowest BCUT2D eigenvalue weighted by Gasteiger charge is -2.19. The Balaban J connectivity index is 1.69. The summed E-state index contributed by atoms with van der Waals surface area (Å²) in [6.45, 7) is 2.25. The zero-order valence-corrected chi connectivity index (χ0v) is 13.8. The van der Waals surface area contributed by atoms with E-state index < -0.39 is 0 Å². The lowest BCUT2D eigenvalue weighted by molar-refractivity contribution is 0.415. The van der Waals surface area contributed by atoms with E-state index in [1.54, 1.807) is 18.4 Å². The Morgan fingerprint density at radius 2 is 2.09 bits per heavy atom. The molecule has 1 heterocycles. The molecule has 1 fully saturated rings. The van der Waals surface area contributed by atoms with Gasteiger partial charge in [0.25, 0.3) is 0 Å². The van der Waals surface area contributed by atoms with E-state index in [0.717, 1.165) is 28.6 Å². The van der Waals surface area contributed by atoms with Gasteiger partial charge in [-0.1, -0.05) is 13.3 Å². The molecule has 1 saturated carbocycles. The van der Waals surface area contributed by atoms with Crippen LogP contribution in [0.1, 0.15) is 32.6 Å². The largest absolute Gasteiger partial charge is 0.497 e. The average Bonchev–Trinajstić information content (AvgIpc) is 3.03. The zero-order valence-electron chi connectivity index (χ0n) is 13.0. The summed E-state index contributed by atoms with van der Waals surface area (Å²) in [5, 5.41) is 7.46. The Hall–Kier alpha value is -1.88. The van der Waals surface area contributed by atoms with Gasteiger partial charge in [0, 0.05) is 16.7 Å². The van der Waals surface area contributed by atoms with E-state index >= 15 is 0 Å². The summed E-state index contributed by atoms with van der Waals surface area (Å²) in [4.78, 5) is 4.60. The minimum Gasteiger partial charge on any atom is -0.497 e. The second kappa shape index (κ2) is 6.92. The maximum atomic E-state index is 5.18. The third kappa shape index (κ3) is 3.47. The number of nitrogens with zero attached hydrogens (tertiary/aromatic N) is 2. The molecule has 3 rings (SSSR count). The number of hydrazone groups is 1.